The Morgan fingerprint density at radius 2 is 2.07 bits per heavy atom. The van der Waals surface area contributed by atoms with Gasteiger partial charge in [0, 0.05) is 37.9 Å². The number of amides is 3. The number of rotatable bonds is 4. The van der Waals surface area contributed by atoms with E-state index in [0.29, 0.717) is 13.0 Å². The molecule has 3 fully saturated rings. The van der Waals surface area contributed by atoms with Gasteiger partial charge in [-0.05, 0) is 36.8 Å². The van der Waals surface area contributed by atoms with Crippen LogP contribution < -0.4 is 5.32 Å². The molecular weight excluding hydrogens is 360 g/mol. The second kappa shape index (κ2) is 7.41. The topological polar surface area (TPSA) is 103 Å². The molecule has 150 valence electrons. The first-order valence-electron chi connectivity index (χ1n) is 9.93. The van der Waals surface area contributed by atoms with Gasteiger partial charge < -0.3 is 20.2 Å². The number of piperidine rings is 1. The van der Waals surface area contributed by atoms with Crippen LogP contribution in [0, 0.1) is 11.8 Å². The average molecular weight is 386 g/mol. The molecule has 2 N–H and O–H groups in total. The van der Waals surface area contributed by atoms with Crippen LogP contribution in [0.1, 0.15) is 44.2 Å². The lowest BCUT2D eigenvalue weighted by molar-refractivity contribution is -0.143. The Balaban J connectivity index is 1.51. The zero-order chi connectivity index (χ0) is 19.8. The maximum absolute atomic E-state index is 12.9. The summed E-state index contributed by atoms with van der Waals surface area (Å²) in [5.41, 5.74) is 0.918. The Morgan fingerprint density at radius 1 is 1.29 bits per heavy atom. The van der Waals surface area contributed by atoms with Gasteiger partial charge in [0.15, 0.2) is 0 Å². The van der Waals surface area contributed by atoms with E-state index >= 15 is 0 Å². The first kappa shape index (κ1) is 18.7. The number of carboxylic acids is 1. The van der Waals surface area contributed by atoms with Gasteiger partial charge >= 0.3 is 12.0 Å². The fourth-order valence-corrected chi connectivity index (χ4v) is 4.56. The molecule has 28 heavy (non-hydrogen) atoms. The van der Waals surface area contributed by atoms with Gasteiger partial charge in [0.1, 0.15) is 0 Å². The highest BCUT2D eigenvalue weighted by Gasteiger charge is 2.48. The van der Waals surface area contributed by atoms with Gasteiger partial charge in [-0.2, -0.15) is 0 Å². The third kappa shape index (κ3) is 3.68. The lowest BCUT2D eigenvalue weighted by atomic mass is 9.91. The smallest absolute Gasteiger partial charge is 0.317 e. The summed E-state index contributed by atoms with van der Waals surface area (Å²) in [6, 6.07) is 3.16. The molecule has 2 aliphatic heterocycles. The van der Waals surface area contributed by atoms with Crippen LogP contribution in [0.2, 0.25) is 0 Å². The van der Waals surface area contributed by atoms with E-state index in [4.69, 9.17) is 0 Å². The minimum atomic E-state index is -0.867. The number of aromatic nitrogens is 1. The Kier molecular flexibility index (Phi) is 4.95. The summed E-state index contributed by atoms with van der Waals surface area (Å²) < 4.78 is 0. The third-order valence-corrected chi connectivity index (χ3v) is 5.93. The van der Waals surface area contributed by atoms with Gasteiger partial charge in [-0.1, -0.05) is 13.0 Å². The molecule has 4 atom stereocenters. The van der Waals surface area contributed by atoms with Gasteiger partial charge in [0.2, 0.25) is 5.91 Å². The SMILES string of the molecule is CC1CC(C(=O)O)CN(C(=O)N[C@@H]2CC(=O)N(C3CC3)[C@H]2c2cccnc2)C1. The average Bonchev–Trinajstić information content (AvgIpc) is 3.45. The minimum Gasteiger partial charge on any atom is -0.481 e. The lowest BCUT2D eigenvalue weighted by Crippen LogP contribution is -2.52. The number of pyridine rings is 1. The zero-order valence-corrected chi connectivity index (χ0v) is 16.0. The maximum Gasteiger partial charge on any atom is 0.317 e. The first-order chi connectivity index (χ1) is 13.4. The fraction of sp³-hybridized carbons (Fsp3) is 0.600. The van der Waals surface area contributed by atoms with Crippen molar-refractivity contribution in [3.8, 4) is 0 Å². The molecule has 3 aliphatic rings. The second-order valence-electron chi connectivity index (χ2n) is 8.30. The predicted octanol–water partition coefficient (Wildman–Crippen LogP) is 1.64. The number of nitrogens with zero attached hydrogens (tertiary/aromatic N) is 3. The van der Waals surface area contributed by atoms with Gasteiger partial charge in [0.05, 0.1) is 18.0 Å². The molecule has 0 aromatic carbocycles. The van der Waals surface area contributed by atoms with Crippen LogP contribution in [0.25, 0.3) is 0 Å². The van der Waals surface area contributed by atoms with E-state index < -0.39 is 11.9 Å². The zero-order valence-electron chi connectivity index (χ0n) is 16.0. The van der Waals surface area contributed by atoms with Crippen LogP contribution in [0.5, 0.6) is 0 Å². The summed E-state index contributed by atoms with van der Waals surface area (Å²) in [4.78, 5) is 44.7. The maximum atomic E-state index is 12.9. The van der Waals surface area contributed by atoms with E-state index in [9.17, 15) is 19.5 Å². The van der Waals surface area contributed by atoms with E-state index in [-0.39, 0.29) is 48.9 Å². The molecule has 4 rings (SSSR count). The monoisotopic (exact) mass is 386 g/mol. The molecule has 3 amide bonds. The van der Waals surface area contributed by atoms with Crippen LogP contribution in [-0.4, -0.2) is 63.0 Å². The van der Waals surface area contributed by atoms with Crippen LogP contribution >= 0.6 is 0 Å². The molecule has 0 bridgehead atoms. The van der Waals surface area contributed by atoms with Crippen molar-refractivity contribution in [1.82, 2.24) is 20.1 Å². The number of hydrogen-bond donors (Lipinski definition) is 2. The largest absolute Gasteiger partial charge is 0.481 e. The highest BCUT2D eigenvalue weighted by molar-refractivity contribution is 5.83. The molecule has 1 aliphatic carbocycles. The Morgan fingerprint density at radius 3 is 2.71 bits per heavy atom. The van der Waals surface area contributed by atoms with Crippen molar-refractivity contribution >= 4 is 17.9 Å². The minimum absolute atomic E-state index is 0.0528. The molecule has 8 heteroatoms. The summed E-state index contributed by atoms with van der Waals surface area (Å²) in [7, 11) is 0. The van der Waals surface area contributed by atoms with Crippen LogP contribution in [0.15, 0.2) is 24.5 Å². The van der Waals surface area contributed by atoms with Crippen molar-refractivity contribution in [2.75, 3.05) is 13.1 Å². The number of carboxylic acid groups (broad SMARTS) is 1. The lowest BCUT2D eigenvalue weighted by Gasteiger charge is -2.36. The van der Waals surface area contributed by atoms with Gasteiger partial charge in [-0.25, -0.2) is 4.79 Å². The normalized spacial score (nSPS) is 30.4. The van der Waals surface area contributed by atoms with E-state index in [2.05, 4.69) is 10.3 Å². The molecular formula is C20H26N4O4. The van der Waals surface area contributed by atoms with Crippen molar-refractivity contribution in [2.24, 2.45) is 11.8 Å². The summed E-state index contributed by atoms with van der Waals surface area (Å²) in [6.45, 7) is 2.69. The third-order valence-electron chi connectivity index (χ3n) is 5.93. The Bertz CT molecular complexity index is 767. The van der Waals surface area contributed by atoms with Crippen molar-refractivity contribution < 1.29 is 19.5 Å². The van der Waals surface area contributed by atoms with E-state index in [0.717, 1.165) is 18.4 Å². The van der Waals surface area contributed by atoms with Crippen molar-refractivity contribution in [2.45, 2.75) is 50.7 Å². The highest BCUT2D eigenvalue weighted by atomic mass is 16.4. The number of urea groups is 1. The molecule has 1 aromatic heterocycles. The molecule has 0 radical (unpaired) electrons. The molecule has 8 nitrogen and oxygen atoms in total. The molecule has 2 unspecified atom stereocenters. The summed E-state index contributed by atoms with van der Waals surface area (Å²) in [6.07, 6.45) is 6.26. The van der Waals surface area contributed by atoms with Crippen LogP contribution in [0.4, 0.5) is 4.79 Å². The van der Waals surface area contributed by atoms with E-state index in [1.54, 1.807) is 17.3 Å². The number of likely N-dealkylation sites (tertiary alicyclic amines) is 2. The predicted molar refractivity (Wildman–Crippen MR) is 100 cm³/mol. The summed E-state index contributed by atoms with van der Waals surface area (Å²) in [5.74, 6) is -1.23. The Hall–Kier alpha value is -2.64. The fourth-order valence-electron chi connectivity index (χ4n) is 4.56. The Labute approximate surface area is 163 Å². The summed E-state index contributed by atoms with van der Waals surface area (Å²) >= 11 is 0. The van der Waals surface area contributed by atoms with Crippen molar-refractivity contribution in [1.29, 1.82) is 0 Å². The highest BCUT2D eigenvalue weighted by Crippen LogP contribution is 2.41. The standard InChI is InChI=1S/C20H26N4O4/c1-12-7-14(19(26)27)11-23(10-12)20(28)22-16-8-17(25)24(15-4-5-15)18(16)13-3-2-6-21-9-13/h2-3,6,9,12,14-16,18H,4-5,7-8,10-11H2,1H3,(H,22,28)(H,26,27)/t12?,14?,16-,18+/m1/s1. The molecule has 1 aromatic rings. The van der Waals surface area contributed by atoms with Gasteiger partial charge in [-0.3, -0.25) is 14.6 Å². The number of hydrogen-bond acceptors (Lipinski definition) is 4. The first-order valence-corrected chi connectivity index (χ1v) is 9.93. The van der Waals surface area contributed by atoms with Crippen molar-refractivity contribution in [3.05, 3.63) is 30.1 Å². The molecule has 3 heterocycles. The van der Waals surface area contributed by atoms with Crippen LogP contribution in [-0.2, 0) is 9.59 Å². The van der Waals surface area contributed by atoms with E-state index in [1.165, 1.54) is 0 Å². The van der Waals surface area contributed by atoms with Crippen LogP contribution in [0.3, 0.4) is 0 Å². The molecule has 1 saturated carbocycles. The number of carbonyl (C=O) groups is 3. The van der Waals surface area contributed by atoms with Crippen molar-refractivity contribution in [3.63, 3.8) is 0 Å². The second-order valence-corrected chi connectivity index (χ2v) is 8.30. The molecule has 0 spiro atoms. The number of nitrogens with one attached hydrogen (secondary N) is 1. The van der Waals surface area contributed by atoms with Gasteiger partial charge in [-0.15, -0.1) is 0 Å². The summed E-state index contributed by atoms with van der Waals surface area (Å²) in [5, 5.41) is 12.4. The van der Waals surface area contributed by atoms with Gasteiger partial charge in [0.25, 0.3) is 0 Å². The molecule has 2 saturated heterocycles. The van der Waals surface area contributed by atoms with E-state index in [1.807, 2.05) is 24.0 Å². The number of aliphatic carboxylic acids is 1. The number of carbonyl (C=O) groups excluding carboxylic acids is 2. The quantitative estimate of drug-likeness (QED) is 0.819.